The van der Waals surface area contributed by atoms with Crippen molar-refractivity contribution in [3.05, 3.63) is 34.4 Å². The Morgan fingerprint density at radius 2 is 1.76 bits per heavy atom. The second-order valence-corrected chi connectivity index (χ2v) is 5.66. The quantitative estimate of drug-likeness (QED) is 0.452. The van der Waals surface area contributed by atoms with Crippen molar-refractivity contribution < 1.29 is 31.7 Å². The Balaban J connectivity index is 3.09. The van der Waals surface area contributed by atoms with Crippen molar-refractivity contribution in [1.82, 2.24) is 0 Å². The highest BCUT2D eigenvalue weighted by Crippen LogP contribution is 2.35. The highest BCUT2D eigenvalue weighted by atomic mass is 32.2. The predicted octanol–water partition coefficient (Wildman–Crippen LogP) is -0.239. The zero-order valence-corrected chi connectivity index (χ0v) is 9.63. The topological polar surface area (TPSA) is 147 Å². The van der Waals surface area contributed by atoms with Crippen LogP contribution in [0.4, 0.5) is 5.69 Å². The summed E-state index contributed by atoms with van der Waals surface area (Å²) >= 11 is 0. The first-order valence-corrected chi connectivity index (χ1v) is 6.77. The van der Waals surface area contributed by atoms with Crippen LogP contribution in [-0.4, -0.2) is 18.2 Å². The second-order valence-electron chi connectivity index (χ2n) is 2.75. The van der Waals surface area contributed by atoms with Gasteiger partial charge in [-0.2, -0.15) is 12.4 Å². The highest BCUT2D eigenvalue weighted by molar-refractivity contribution is 7.90. The number of benzene rings is 1. The summed E-state index contributed by atoms with van der Waals surface area (Å²) < 4.78 is 36.1. The summed E-state index contributed by atoms with van der Waals surface area (Å²) in [6, 6.07) is 3.26. The van der Waals surface area contributed by atoms with Crippen molar-refractivity contribution in [2.75, 3.05) is 0 Å². The molecule has 0 fully saturated rings. The molecular weight excluding hydrogens is 277 g/mol. The number of nitro benzene ring substituents is 1. The molecule has 1 aromatic rings. The number of rotatable bonds is 4. The summed E-state index contributed by atoms with van der Waals surface area (Å²) in [7, 11) is -10.2. The molecule has 0 aliphatic rings. The highest BCUT2D eigenvalue weighted by Gasteiger charge is 2.21. The molecule has 17 heavy (non-hydrogen) atoms. The van der Waals surface area contributed by atoms with E-state index in [1.807, 2.05) is 0 Å². The van der Waals surface area contributed by atoms with Gasteiger partial charge in [-0.05, 0) is 12.1 Å². The molecule has 0 radical (unpaired) electrons. The molecular formula is C6H5NO8PS-. The van der Waals surface area contributed by atoms with Crippen molar-refractivity contribution in [2.24, 2.45) is 0 Å². The lowest BCUT2D eigenvalue weighted by Gasteiger charge is -2.14. The molecule has 0 saturated heterocycles. The van der Waals surface area contributed by atoms with Crippen LogP contribution >= 0.6 is 7.82 Å². The maximum Gasteiger partial charge on any atom is 0.303 e. The van der Waals surface area contributed by atoms with Crippen molar-refractivity contribution >= 4 is 23.6 Å². The van der Waals surface area contributed by atoms with Crippen LogP contribution in [0.15, 0.2) is 29.2 Å². The summed E-state index contributed by atoms with van der Waals surface area (Å²) in [5.74, 6) is 0. The first-order valence-electron chi connectivity index (χ1n) is 3.86. The summed E-state index contributed by atoms with van der Waals surface area (Å²) in [5, 5.41) is 10.3. The van der Waals surface area contributed by atoms with E-state index in [2.05, 4.69) is 3.97 Å². The SMILES string of the molecule is O=[N+]([O-])c1ccc(S(=O)(=O)OP(=O)([O-])O)cc1. The largest absolute Gasteiger partial charge is 0.756 e. The normalized spacial score (nSPS) is 15.2. The molecule has 0 aliphatic heterocycles. The van der Waals surface area contributed by atoms with Gasteiger partial charge in [0.15, 0.2) is 0 Å². The fourth-order valence-electron chi connectivity index (χ4n) is 0.902. The summed E-state index contributed by atoms with van der Waals surface area (Å²) in [4.78, 5) is 27.4. The molecule has 0 aromatic heterocycles. The lowest BCUT2D eigenvalue weighted by molar-refractivity contribution is -0.384. The van der Waals surface area contributed by atoms with Gasteiger partial charge in [-0.15, -0.1) is 0 Å². The molecule has 9 nitrogen and oxygen atoms in total. The van der Waals surface area contributed by atoms with Gasteiger partial charge in [0, 0.05) is 12.1 Å². The monoisotopic (exact) mass is 282 g/mol. The summed E-state index contributed by atoms with van der Waals surface area (Å²) in [6.07, 6.45) is 0. The zero-order valence-electron chi connectivity index (χ0n) is 7.92. The van der Waals surface area contributed by atoms with E-state index < -0.39 is 27.8 Å². The van der Waals surface area contributed by atoms with Crippen LogP contribution in [0.5, 0.6) is 0 Å². The van der Waals surface area contributed by atoms with Gasteiger partial charge in [0.2, 0.25) is 0 Å². The van der Waals surface area contributed by atoms with Gasteiger partial charge in [0.05, 0.1) is 9.82 Å². The number of phosphoric acid groups is 1. The van der Waals surface area contributed by atoms with E-state index in [1.165, 1.54) is 0 Å². The van der Waals surface area contributed by atoms with Crippen LogP contribution in [0.25, 0.3) is 0 Å². The molecule has 1 atom stereocenters. The molecule has 0 heterocycles. The van der Waals surface area contributed by atoms with Gasteiger partial charge in [-0.25, -0.2) is 0 Å². The molecule has 0 aliphatic carbocycles. The summed E-state index contributed by atoms with van der Waals surface area (Å²) in [6.45, 7) is 0. The van der Waals surface area contributed by atoms with Gasteiger partial charge in [0.25, 0.3) is 13.5 Å². The minimum absolute atomic E-state index is 0.377. The Bertz CT molecular complexity index is 573. The maximum atomic E-state index is 11.2. The van der Waals surface area contributed by atoms with E-state index in [0.717, 1.165) is 24.3 Å². The van der Waals surface area contributed by atoms with Gasteiger partial charge in [0.1, 0.15) is 0 Å². The number of nitro groups is 1. The van der Waals surface area contributed by atoms with Gasteiger partial charge in [-0.1, -0.05) is 0 Å². The molecule has 1 unspecified atom stereocenters. The molecule has 1 rings (SSSR count). The van der Waals surface area contributed by atoms with E-state index in [0.29, 0.717) is 0 Å². The Kier molecular flexibility index (Phi) is 3.65. The Morgan fingerprint density at radius 3 is 2.12 bits per heavy atom. The second kappa shape index (κ2) is 4.51. The number of non-ortho nitro benzene ring substituents is 1. The van der Waals surface area contributed by atoms with Crippen molar-refractivity contribution in [2.45, 2.75) is 4.90 Å². The Hall–Kier alpha value is -1.32. The van der Waals surface area contributed by atoms with Crippen LogP contribution < -0.4 is 4.89 Å². The standard InChI is InChI=1S/C6H6NO8PS/c8-7(9)5-1-3-6(4-2-5)17(13,14)15-16(10,11)12/h1-4H,(H2,10,11,12)/p-1. The molecule has 94 valence electrons. The molecule has 1 aromatic carbocycles. The van der Waals surface area contributed by atoms with Crippen LogP contribution in [0.1, 0.15) is 0 Å². The zero-order chi connectivity index (χ0) is 13.3. The fraction of sp³-hybridized carbons (Fsp3) is 0. The third-order valence-corrected chi connectivity index (χ3v) is 3.92. The van der Waals surface area contributed by atoms with E-state index in [4.69, 9.17) is 4.89 Å². The van der Waals surface area contributed by atoms with Gasteiger partial charge < -0.3 is 9.79 Å². The van der Waals surface area contributed by atoms with Crippen LogP contribution in [0.3, 0.4) is 0 Å². The lowest BCUT2D eigenvalue weighted by Crippen LogP contribution is -2.11. The Morgan fingerprint density at radius 1 is 1.29 bits per heavy atom. The maximum absolute atomic E-state index is 11.2. The smallest absolute Gasteiger partial charge is 0.303 e. The average molecular weight is 282 g/mol. The minimum Gasteiger partial charge on any atom is -0.756 e. The van der Waals surface area contributed by atoms with Crippen LogP contribution in [0.2, 0.25) is 0 Å². The lowest BCUT2D eigenvalue weighted by atomic mass is 10.3. The third kappa shape index (κ3) is 3.88. The van der Waals surface area contributed by atoms with Crippen LogP contribution in [0, 0.1) is 10.1 Å². The fourth-order valence-corrected chi connectivity index (χ4v) is 2.71. The third-order valence-electron chi connectivity index (χ3n) is 1.53. The molecule has 0 spiro atoms. The van der Waals surface area contributed by atoms with E-state index in [-0.39, 0.29) is 5.69 Å². The average Bonchev–Trinajstić information content (AvgIpc) is 2.14. The van der Waals surface area contributed by atoms with Crippen molar-refractivity contribution in [1.29, 1.82) is 0 Å². The predicted molar refractivity (Wildman–Crippen MR) is 51.2 cm³/mol. The first kappa shape index (κ1) is 13.7. The van der Waals surface area contributed by atoms with Crippen LogP contribution in [-0.2, 0) is 18.7 Å². The van der Waals surface area contributed by atoms with E-state index in [9.17, 15) is 28.0 Å². The van der Waals surface area contributed by atoms with Crippen molar-refractivity contribution in [3.63, 3.8) is 0 Å². The van der Waals surface area contributed by atoms with Gasteiger partial charge in [-0.3, -0.25) is 14.7 Å². The molecule has 0 bridgehead atoms. The molecule has 0 amide bonds. The number of hydrogen-bond acceptors (Lipinski definition) is 7. The number of hydrogen-bond donors (Lipinski definition) is 1. The van der Waals surface area contributed by atoms with E-state index in [1.54, 1.807) is 0 Å². The summed E-state index contributed by atoms with van der Waals surface area (Å²) in [5.41, 5.74) is -0.377. The molecule has 11 heteroatoms. The van der Waals surface area contributed by atoms with E-state index >= 15 is 0 Å². The Labute approximate surface area is 95.2 Å². The van der Waals surface area contributed by atoms with Gasteiger partial charge >= 0.3 is 10.1 Å². The molecule has 1 N–H and O–H groups in total. The minimum atomic E-state index is -5.46. The number of nitrogens with zero attached hydrogens (tertiary/aromatic N) is 1. The first-order chi connectivity index (χ1) is 7.62. The molecule has 0 saturated carbocycles. The van der Waals surface area contributed by atoms with Crippen molar-refractivity contribution in [3.8, 4) is 0 Å².